The molecule has 1 aromatic carbocycles. The normalized spacial score (nSPS) is 14.8. The van der Waals surface area contributed by atoms with E-state index in [9.17, 15) is 10.0 Å². The molecule has 0 spiro atoms. The first-order valence-corrected chi connectivity index (χ1v) is 10.1. The smallest absolute Gasteiger partial charge is 0.236 e. The maximum atomic E-state index is 13.0. The van der Waals surface area contributed by atoms with Gasteiger partial charge in [-0.05, 0) is 55.3 Å². The first-order valence-electron chi connectivity index (χ1n) is 10.1. The van der Waals surface area contributed by atoms with Crippen LogP contribution in [0, 0.1) is 0 Å². The highest BCUT2D eigenvalue weighted by molar-refractivity contribution is 5.98. The van der Waals surface area contributed by atoms with Crippen molar-refractivity contribution in [1.82, 2.24) is 9.97 Å². The number of aromatic nitrogens is 2. The van der Waals surface area contributed by atoms with Crippen LogP contribution in [0.15, 0.2) is 67.0 Å². The number of hydrogen-bond donors (Lipinski definition) is 4. The number of anilines is 2. The number of hydrogen-bond acceptors (Lipinski definition) is 5. The fourth-order valence-corrected chi connectivity index (χ4v) is 3.13. The molecule has 4 rings (SSSR count). The summed E-state index contributed by atoms with van der Waals surface area (Å²) >= 11 is 0. The van der Waals surface area contributed by atoms with Gasteiger partial charge in [0.05, 0.1) is 11.1 Å². The van der Waals surface area contributed by atoms with E-state index >= 15 is 0 Å². The van der Waals surface area contributed by atoms with Crippen molar-refractivity contribution in [2.45, 2.75) is 38.1 Å². The van der Waals surface area contributed by atoms with E-state index < -0.39 is 5.41 Å². The van der Waals surface area contributed by atoms with E-state index in [1.807, 2.05) is 68.6 Å². The van der Waals surface area contributed by atoms with Gasteiger partial charge in [0.1, 0.15) is 6.04 Å². The van der Waals surface area contributed by atoms with Crippen molar-refractivity contribution in [1.29, 1.82) is 0 Å². The average Bonchev–Trinajstić information content (AvgIpc) is 3.61. The van der Waals surface area contributed by atoms with Gasteiger partial charge in [0, 0.05) is 30.9 Å². The first-order chi connectivity index (χ1) is 14.4. The van der Waals surface area contributed by atoms with Crippen molar-refractivity contribution in [3.63, 3.8) is 0 Å². The van der Waals surface area contributed by atoms with Crippen LogP contribution in [-0.2, 0) is 10.2 Å². The van der Waals surface area contributed by atoms with Crippen LogP contribution in [0.4, 0.5) is 11.5 Å². The van der Waals surface area contributed by atoms with Crippen LogP contribution in [0.5, 0.6) is 0 Å². The van der Waals surface area contributed by atoms with Gasteiger partial charge < -0.3 is 5.32 Å². The van der Waals surface area contributed by atoms with Crippen LogP contribution in [-0.4, -0.2) is 27.1 Å². The number of pyridine rings is 2. The molecule has 1 aliphatic rings. The molecule has 1 saturated carbocycles. The molecular weight excluding hydrogens is 378 g/mol. The molecular formula is C23H26N5O2+. The number of nitrogens with one attached hydrogen (secondary N) is 3. The van der Waals surface area contributed by atoms with Gasteiger partial charge in [0.25, 0.3) is 0 Å². The number of carbonyl (C=O) groups is 1. The predicted octanol–water partition coefficient (Wildman–Crippen LogP) is 2.82. The standard InChI is InChI=1S/C23H25N5O2/c1-23(2,20-6-3-7-21(26-20)27-28(30)19-12-13-19)22(29)25-18-10-8-16(9-11-18)17-5-4-14-24-15-17/h3-11,14-15,19,30H,12-13H2,1-2H3,(H,25,29)(H,26,27)/p+1. The monoisotopic (exact) mass is 404 g/mol. The molecule has 154 valence electrons. The summed E-state index contributed by atoms with van der Waals surface area (Å²) in [6.07, 6.45) is 5.53. The highest BCUT2D eigenvalue weighted by Gasteiger charge is 2.35. The molecule has 0 radical (unpaired) electrons. The zero-order valence-corrected chi connectivity index (χ0v) is 17.1. The van der Waals surface area contributed by atoms with E-state index in [1.54, 1.807) is 12.3 Å². The SMILES string of the molecule is CC(C)(C(=O)Nc1ccc(-c2cccnc2)cc1)c1cccc(N[NH+](O)C2CC2)n1. The van der Waals surface area contributed by atoms with Crippen LogP contribution in [0.1, 0.15) is 32.4 Å². The summed E-state index contributed by atoms with van der Waals surface area (Å²) in [6, 6.07) is 17.2. The molecule has 7 heteroatoms. The van der Waals surface area contributed by atoms with Crippen molar-refractivity contribution in [3.8, 4) is 11.1 Å². The summed E-state index contributed by atoms with van der Waals surface area (Å²) in [4.78, 5) is 21.7. The Hall–Kier alpha value is -3.29. The van der Waals surface area contributed by atoms with Gasteiger partial charge in [-0.2, -0.15) is 10.6 Å². The number of amides is 1. The summed E-state index contributed by atoms with van der Waals surface area (Å²) < 4.78 is 0. The van der Waals surface area contributed by atoms with Crippen LogP contribution in [0.2, 0.25) is 0 Å². The van der Waals surface area contributed by atoms with E-state index in [2.05, 4.69) is 20.7 Å². The molecule has 1 unspecified atom stereocenters. The fourth-order valence-electron chi connectivity index (χ4n) is 3.13. The second-order valence-electron chi connectivity index (χ2n) is 8.09. The predicted molar refractivity (Wildman–Crippen MR) is 115 cm³/mol. The third kappa shape index (κ3) is 4.48. The number of rotatable bonds is 7. The van der Waals surface area contributed by atoms with Crippen molar-refractivity contribution < 1.29 is 15.2 Å². The Labute approximate surface area is 175 Å². The number of hydroxylamine groups is 1. The Balaban J connectivity index is 1.45. The Bertz CT molecular complexity index is 1020. The van der Waals surface area contributed by atoms with Crippen molar-refractivity contribution in [3.05, 3.63) is 72.7 Å². The van der Waals surface area contributed by atoms with E-state index in [1.165, 1.54) is 0 Å². The lowest BCUT2D eigenvalue weighted by Crippen LogP contribution is -3.14. The minimum absolute atomic E-state index is 0.156. The van der Waals surface area contributed by atoms with Gasteiger partial charge in [0.2, 0.25) is 5.91 Å². The van der Waals surface area contributed by atoms with Gasteiger partial charge >= 0.3 is 0 Å². The molecule has 1 aliphatic carbocycles. The molecule has 7 nitrogen and oxygen atoms in total. The Morgan fingerprint density at radius 2 is 1.83 bits per heavy atom. The highest BCUT2D eigenvalue weighted by atomic mass is 16.5. The lowest BCUT2D eigenvalue weighted by Gasteiger charge is -2.24. The zero-order valence-electron chi connectivity index (χ0n) is 17.1. The zero-order chi connectivity index (χ0) is 21.1. The minimum Gasteiger partial charge on any atom is -0.325 e. The van der Waals surface area contributed by atoms with Crippen LogP contribution in [0.3, 0.4) is 0 Å². The van der Waals surface area contributed by atoms with Gasteiger partial charge in [-0.1, -0.05) is 29.4 Å². The molecule has 4 N–H and O–H groups in total. The maximum absolute atomic E-state index is 13.0. The quantitative estimate of drug-likeness (QED) is 0.455. The Kier molecular flexibility index (Phi) is 5.48. The maximum Gasteiger partial charge on any atom is 0.236 e. The van der Waals surface area contributed by atoms with Crippen molar-refractivity contribution in [2.75, 3.05) is 10.7 Å². The van der Waals surface area contributed by atoms with Gasteiger partial charge in [-0.15, -0.1) is 0 Å². The van der Waals surface area contributed by atoms with E-state index in [4.69, 9.17) is 0 Å². The number of carbonyl (C=O) groups excluding carboxylic acids is 1. The molecule has 0 aliphatic heterocycles. The minimum atomic E-state index is -0.852. The molecule has 0 bridgehead atoms. The third-order valence-electron chi connectivity index (χ3n) is 5.31. The molecule has 2 aromatic heterocycles. The Morgan fingerprint density at radius 3 is 2.50 bits per heavy atom. The van der Waals surface area contributed by atoms with Crippen LogP contribution < -0.4 is 15.9 Å². The summed E-state index contributed by atoms with van der Waals surface area (Å²) in [5.41, 5.74) is 5.50. The van der Waals surface area contributed by atoms with Gasteiger partial charge in [-0.3, -0.25) is 9.78 Å². The fraction of sp³-hybridized carbons (Fsp3) is 0.261. The second kappa shape index (κ2) is 8.22. The summed E-state index contributed by atoms with van der Waals surface area (Å²) in [6.45, 7) is 3.67. The number of nitrogens with zero attached hydrogens (tertiary/aromatic N) is 2. The number of benzene rings is 1. The van der Waals surface area contributed by atoms with E-state index in [0.717, 1.165) is 29.7 Å². The molecule has 30 heavy (non-hydrogen) atoms. The summed E-state index contributed by atoms with van der Waals surface area (Å²) in [5, 5.41) is 13.3. The molecule has 3 aromatic rings. The molecule has 1 amide bonds. The second-order valence-corrected chi connectivity index (χ2v) is 8.09. The van der Waals surface area contributed by atoms with Crippen LogP contribution in [0.25, 0.3) is 11.1 Å². The third-order valence-corrected chi connectivity index (χ3v) is 5.31. The topological polar surface area (TPSA) is 91.6 Å². The summed E-state index contributed by atoms with van der Waals surface area (Å²) in [5.74, 6) is 0.385. The van der Waals surface area contributed by atoms with E-state index in [0.29, 0.717) is 11.5 Å². The lowest BCUT2D eigenvalue weighted by molar-refractivity contribution is -1.08. The van der Waals surface area contributed by atoms with Gasteiger partial charge in [-0.25, -0.2) is 4.98 Å². The first kappa shape index (κ1) is 20.0. The average molecular weight is 404 g/mol. The van der Waals surface area contributed by atoms with Crippen molar-refractivity contribution in [2.24, 2.45) is 0 Å². The molecule has 1 fully saturated rings. The largest absolute Gasteiger partial charge is 0.325 e. The van der Waals surface area contributed by atoms with Crippen molar-refractivity contribution >= 4 is 17.4 Å². The molecule has 2 heterocycles. The summed E-state index contributed by atoms with van der Waals surface area (Å²) in [7, 11) is 0. The highest BCUT2D eigenvalue weighted by Crippen LogP contribution is 2.26. The lowest BCUT2D eigenvalue weighted by atomic mass is 9.87. The van der Waals surface area contributed by atoms with Crippen LogP contribution >= 0.6 is 0 Å². The molecule has 1 atom stereocenters. The Morgan fingerprint density at radius 1 is 1.07 bits per heavy atom. The number of quaternary nitrogens is 1. The van der Waals surface area contributed by atoms with E-state index in [-0.39, 0.29) is 17.1 Å². The molecule has 0 saturated heterocycles. The van der Waals surface area contributed by atoms with Gasteiger partial charge in [0.15, 0.2) is 5.82 Å².